The summed E-state index contributed by atoms with van der Waals surface area (Å²) in [5.74, 6) is -0.426. The first kappa shape index (κ1) is 20.5. The summed E-state index contributed by atoms with van der Waals surface area (Å²) in [5, 5.41) is 3.02. The Bertz CT molecular complexity index is 934. The molecule has 2 fully saturated rings. The zero-order valence-corrected chi connectivity index (χ0v) is 16.4. The van der Waals surface area contributed by atoms with Crippen molar-refractivity contribution in [2.45, 2.75) is 24.8 Å². The van der Waals surface area contributed by atoms with Crippen LogP contribution in [0.1, 0.15) is 29.9 Å². The monoisotopic (exact) mass is 420 g/mol. The predicted molar refractivity (Wildman–Crippen MR) is 107 cm³/mol. The van der Waals surface area contributed by atoms with Gasteiger partial charge in [0.15, 0.2) is 0 Å². The largest absolute Gasteiger partial charge is 0.497 e. The van der Waals surface area contributed by atoms with Gasteiger partial charge in [0.05, 0.1) is 7.11 Å². The van der Waals surface area contributed by atoms with Gasteiger partial charge in [-0.2, -0.15) is 0 Å². The summed E-state index contributed by atoms with van der Waals surface area (Å²) >= 11 is 0. The molecule has 2 aliphatic heterocycles. The van der Waals surface area contributed by atoms with E-state index in [0.29, 0.717) is 48.7 Å². The van der Waals surface area contributed by atoms with Crippen molar-refractivity contribution in [1.82, 2.24) is 10.9 Å². The third-order valence-electron chi connectivity index (χ3n) is 5.53. The smallest absolute Gasteiger partial charge is 0.264 e. The molecule has 2 saturated heterocycles. The third-order valence-corrected chi connectivity index (χ3v) is 5.53. The van der Waals surface area contributed by atoms with Crippen LogP contribution in [0.2, 0.25) is 0 Å². The van der Waals surface area contributed by atoms with Crippen LogP contribution in [0, 0.1) is 5.82 Å². The van der Waals surface area contributed by atoms with Crippen LogP contribution in [-0.4, -0.2) is 38.7 Å². The minimum atomic E-state index is -2.63. The van der Waals surface area contributed by atoms with E-state index in [9.17, 15) is 18.0 Å². The van der Waals surface area contributed by atoms with Crippen molar-refractivity contribution in [2.24, 2.45) is 0 Å². The van der Waals surface area contributed by atoms with Crippen LogP contribution < -0.4 is 25.8 Å². The zero-order valence-electron chi connectivity index (χ0n) is 16.4. The summed E-state index contributed by atoms with van der Waals surface area (Å²) in [4.78, 5) is 14.4. The molecule has 0 aliphatic carbocycles. The summed E-state index contributed by atoms with van der Waals surface area (Å²) in [7, 11) is 1.43. The molecule has 4 rings (SSSR count). The first-order valence-corrected chi connectivity index (χ1v) is 9.76. The number of hydrazine groups is 1. The molecule has 2 aliphatic rings. The number of anilines is 2. The van der Waals surface area contributed by atoms with E-state index < -0.39 is 18.3 Å². The van der Waals surface area contributed by atoms with E-state index in [1.165, 1.54) is 30.2 Å². The van der Waals surface area contributed by atoms with Gasteiger partial charge in [0.25, 0.3) is 6.43 Å². The van der Waals surface area contributed by atoms with E-state index in [1.807, 2.05) is 0 Å². The number of nitrogens with one attached hydrogen (secondary N) is 3. The lowest BCUT2D eigenvalue weighted by atomic mass is 9.94. The lowest BCUT2D eigenvalue weighted by molar-refractivity contribution is -0.117. The maximum absolute atomic E-state index is 13.7. The lowest BCUT2D eigenvalue weighted by Crippen LogP contribution is -2.33. The molecule has 1 amide bonds. The van der Waals surface area contributed by atoms with Crippen molar-refractivity contribution in [2.75, 3.05) is 37.0 Å². The van der Waals surface area contributed by atoms with Gasteiger partial charge in [-0.25, -0.2) is 13.2 Å². The Labute approximate surface area is 172 Å². The van der Waals surface area contributed by atoms with Crippen LogP contribution in [0.3, 0.4) is 0 Å². The normalized spacial score (nSPS) is 19.7. The molecular weight excluding hydrogens is 397 g/mol. The quantitative estimate of drug-likeness (QED) is 0.670. The molecule has 0 saturated carbocycles. The van der Waals surface area contributed by atoms with Crippen molar-refractivity contribution < 1.29 is 22.7 Å². The molecule has 2 aromatic rings. The average Bonchev–Trinajstić information content (AvgIpc) is 3.38. The SMILES string of the molecule is COc1cc(F)cc(NC2CCN(c3ccc(C4CNNC4)c(C(F)F)c3)C2=O)c1. The number of hydrogen-bond donors (Lipinski definition) is 3. The Morgan fingerprint density at radius 1 is 1.17 bits per heavy atom. The summed E-state index contributed by atoms with van der Waals surface area (Å²) in [6.07, 6.45) is -2.16. The Kier molecular flexibility index (Phi) is 5.83. The van der Waals surface area contributed by atoms with E-state index in [0.717, 1.165) is 0 Å². The molecule has 0 spiro atoms. The van der Waals surface area contributed by atoms with Gasteiger partial charge in [-0.3, -0.25) is 15.6 Å². The maximum Gasteiger partial charge on any atom is 0.264 e. The zero-order chi connectivity index (χ0) is 21.3. The molecule has 2 heterocycles. The number of ether oxygens (including phenoxy) is 1. The van der Waals surface area contributed by atoms with Gasteiger partial charge in [-0.1, -0.05) is 6.07 Å². The van der Waals surface area contributed by atoms with Gasteiger partial charge in [0.2, 0.25) is 5.91 Å². The third kappa shape index (κ3) is 4.08. The van der Waals surface area contributed by atoms with Gasteiger partial charge in [-0.05, 0) is 30.2 Å². The number of methoxy groups -OCH3 is 1. The highest BCUT2D eigenvalue weighted by Gasteiger charge is 2.34. The number of benzene rings is 2. The summed E-state index contributed by atoms with van der Waals surface area (Å²) in [5.41, 5.74) is 7.30. The molecule has 1 unspecified atom stereocenters. The maximum atomic E-state index is 13.7. The summed E-state index contributed by atoms with van der Waals surface area (Å²) < 4.78 is 46.2. The van der Waals surface area contributed by atoms with E-state index in [4.69, 9.17) is 4.74 Å². The first-order valence-electron chi connectivity index (χ1n) is 9.76. The van der Waals surface area contributed by atoms with E-state index in [2.05, 4.69) is 16.2 Å². The van der Waals surface area contributed by atoms with Gasteiger partial charge in [0.1, 0.15) is 17.6 Å². The molecule has 0 aromatic heterocycles. The first-order chi connectivity index (χ1) is 14.5. The van der Waals surface area contributed by atoms with Crippen molar-refractivity contribution in [1.29, 1.82) is 0 Å². The van der Waals surface area contributed by atoms with E-state index >= 15 is 0 Å². The standard InChI is InChI=1S/C21H23F3N4O2/c1-30-16-7-13(22)6-14(8-16)27-19-4-5-28(21(19)29)15-2-3-17(12-10-25-26-11-12)18(9-15)20(23)24/h2-3,6-9,12,19-20,25-27H,4-5,10-11H2,1H3. The van der Waals surface area contributed by atoms with Crippen LogP contribution in [-0.2, 0) is 4.79 Å². The Morgan fingerprint density at radius 2 is 1.93 bits per heavy atom. The van der Waals surface area contributed by atoms with Gasteiger partial charge < -0.3 is 15.0 Å². The number of hydrogen-bond acceptors (Lipinski definition) is 5. The minimum Gasteiger partial charge on any atom is -0.497 e. The average molecular weight is 420 g/mol. The highest BCUT2D eigenvalue weighted by Crippen LogP contribution is 2.34. The summed E-state index contributed by atoms with van der Waals surface area (Å²) in [6, 6.07) is 8.36. The van der Waals surface area contributed by atoms with Gasteiger partial charge in [0, 0.05) is 54.6 Å². The molecule has 2 aromatic carbocycles. The number of rotatable bonds is 6. The van der Waals surface area contributed by atoms with Crippen molar-refractivity contribution in [3.63, 3.8) is 0 Å². The second kappa shape index (κ2) is 8.53. The van der Waals surface area contributed by atoms with Crippen LogP contribution >= 0.6 is 0 Å². The predicted octanol–water partition coefficient (Wildman–Crippen LogP) is 3.18. The fourth-order valence-corrected chi connectivity index (χ4v) is 4.01. The number of halogens is 3. The molecule has 0 bridgehead atoms. The number of alkyl halides is 2. The van der Waals surface area contributed by atoms with Gasteiger partial charge in [-0.15, -0.1) is 0 Å². The molecule has 1 atom stereocenters. The molecule has 160 valence electrons. The van der Waals surface area contributed by atoms with E-state index in [-0.39, 0.29) is 17.4 Å². The number of amides is 1. The second-order valence-corrected chi connectivity index (χ2v) is 7.43. The van der Waals surface area contributed by atoms with Crippen molar-refractivity contribution in [3.05, 3.63) is 53.3 Å². The molecule has 3 N–H and O–H groups in total. The number of nitrogens with zero attached hydrogens (tertiary/aromatic N) is 1. The summed E-state index contributed by atoms with van der Waals surface area (Å²) in [6.45, 7) is 1.53. The fraction of sp³-hybridized carbons (Fsp3) is 0.381. The highest BCUT2D eigenvalue weighted by atomic mass is 19.3. The van der Waals surface area contributed by atoms with Crippen LogP contribution in [0.25, 0.3) is 0 Å². The molecule has 9 heteroatoms. The molecule has 0 radical (unpaired) electrons. The van der Waals surface area contributed by atoms with E-state index in [1.54, 1.807) is 18.2 Å². The lowest BCUT2D eigenvalue weighted by Gasteiger charge is -2.21. The van der Waals surface area contributed by atoms with Gasteiger partial charge >= 0.3 is 0 Å². The Balaban J connectivity index is 1.53. The van der Waals surface area contributed by atoms with Crippen molar-refractivity contribution >= 4 is 17.3 Å². The van der Waals surface area contributed by atoms with Crippen molar-refractivity contribution in [3.8, 4) is 5.75 Å². The highest BCUT2D eigenvalue weighted by molar-refractivity contribution is 6.01. The topological polar surface area (TPSA) is 65.6 Å². The minimum absolute atomic E-state index is 0.0466. The number of carbonyl (C=O) groups is 1. The number of carbonyl (C=O) groups excluding carboxylic acids is 1. The molecular formula is C21H23F3N4O2. The Morgan fingerprint density at radius 3 is 2.63 bits per heavy atom. The van der Waals surface area contributed by atoms with Crippen LogP contribution in [0.15, 0.2) is 36.4 Å². The molecule has 30 heavy (non-hydrogen) atoms. The van der Waals surface area contributed by atoms with Crippen LogP contribution in [0.4, 0.5) is 24.5 Å². The Hall–Kier alpha value is -2.78. The fourth-order valence-electron chi connectivity index (χ4n) is 4.01. The second-order valence-electron chi connectivity index (χ2n) is 7.43. The van der Waals surface area contributed by atoms with Crippen LogP contribution in [0.5, 0.6) is 5.75 Å². The molecule has 6 nitrogen and oxygen atoms in total.